The Bertz CT molecular complexity index is 464. The van der Waals surface area contributed by atoms with Crippen LogP contribution in [0.1, 0.15) is 12.5 Å². The second-order valence-electron chi connectivity index (χ2n) is 4.96. The molecule has 0 radical (unpaired) electrons. The van der Waals surface area contributed by atoms with Crippen LogP contribution < -0.4 is 11.1 Å². The van der Waals surface area contributed by atoms with Crippen LogP contribution in [0.4, 0.5) is 11.4 Å². The number of benzene rings is 1. The number of carbonyl (C=O) groups excluding carboxylic acids is 1. The summed E-state index contributed by atoms with van der Waals surface area (Å²) in [7, 11) is 0. The number of anilines is 2. The van der Waals surface area contributed by atoms with Crippen molar-refractivity contribution in [2.75, 3.05) is 35.6 Å². The second kappa shape index (κ2) is 6.30. The number of nitrogen functional groups attached to an aromatic ring is 1. The van der Waals surface area contributed by atoms with Gasteiger partial charge in [0.15, 0.2) is 0 Å². The molecular formula is C14H21N3OS. The molecule has 1 atom stereocenters. The summed E-state index contributed by atoms with van der Waals surface area (Å²) in [5, 5.41) is 2.95. The first-order valence-electron chi connectivity index (χ1n) is 6.54. The molecule has 1 aliphatic heterocycles. The highest BCUT2D eigenvalue weighted by atomic mass is 32.2. The quantitative estimate of drug-likeness (QED) is 0.830. The Labute approximate surface area is 118 Å². The molecule has 1 fully saturated rings. The van der Waals surface area contributed by atoms with Crippen molar-refractivity contribution in [3.05, 3.63) is 23.8 Å². The summed E-state index contributed by atoms with van der Waals surface area (Å²) in [5.74, 6) is 2.24. The van der Waals surface area contributed by atoms with Gasteiger partial charge in [0.05, 0.1) is 6.54 Å². The monoisotopic (exact) mass is 279 g/mol. The lowest BCUT2D eigenvalue weighted by atomic mass is 10.1. The topological polar surface area (TPSA) is 58.4 Å². The zero-order valence-electron chi connectivity index (χ0n) is 11.5. The van der Waals surface area contributed by atoms with Gasteiger partial charge in [-0.25, -0.2) is 0 Å². The van der Waals surface area contributed by atoms with Crippen molar-refractivity contribution in [1.29, 1.82) is 0 Å². The maximum absolute atomic E-state index is 12.1. The largest absolute Gasteiger partial charge is 0.398 e. The van der Waals surface area contributed by atoms with Crippen molar-refractivity contribution in [3.63, 3.8) is 0 Å². The van der Waals surface area contributed by atoms with E-state index in [1.54, 1.807) is 0 Å². The van der Waals surface area contributed by atoms with Gasteiger partial charge in [0.25, 0.3) is 0 Å². The van der Waals surface area contributed by atoms with Crippen LogP contribution in [-0.2, 0) is 4.79 Å². The van der Waals surface area contributed by atoms with E-state index in [1.165, 1.54) is 0 Å². The highest BCUT2D eigenvalue weighted by Crippen LogP contribution is 2.21. The third-order valence-electron chi connectivity index (χ3n) is 3.50. The van der Waals surface area contributed by atoms with Crippen molar-refractivity contribution in [1.82, 2.24) is 4.90 Å². The van der Waals surface area contributed by atoms with E-state index in [2.05, 4.69) is 17.1 Å². The second-order valence-corrected chi connectivity index (χ2v) is 6.11. The van der Waals surface area contributed by atoms with E-state index < -0.39 is 0 Å². The van der Waals surface area contributed by atoms with Crippen LogP contribution in [-0.4, -0.2) is 41.4 Å². The minimum absolute atomic E-state index is 0.0347. The Morgan fingerprint density at radius 1 is 1.58 bits per heavy atom. The fourth-order valence-corrected chi connectivity index (χ4v) is 3.24. The van der Waals surface area contributed by atoms with Crippen LogP contribution in [0.15, 0.2) is 18.2 Å². The van der Waals surface area contributed by atoms with Gasteiger partial charge in [-0.05, 0) is 31.5 Å². The minimum atomic E-state index is 0.0347. The fourth-order valence-electron chi connectivity index (χ4n) is 2.16. The van der Waals surface area contributed by atoms with Gasteiger partial charge >= 0.3 is 0 Å². The molecule has 0 aromatic heterocycles. The van der Waals surface area contributed by atoms with Crippen LogP contribution in [0.2, 0.25) is 0 Å². The number of rotatable bonds is 3. The van der Waals surface area contributed by atoms with E-state index in [0.717, 1.165) is 29.3 Å². The molecule has 1 aromatic carbocycles. The smallest absolute Gasteiger partial charge is 0.238 e. The van der Waals surface area contributed by atoms with Crippen LogP contribution in [0.25, 0.3) is 0 Å². The number of carbonyl (C=O) groups is 1. The molecule has 0 bridgehead atoms. The van der Waals surface area contributed by atoms with Crippen molar-refractivity contribution in [2.24, 2.45) is 0 Å². The van der Waals surface area contributed by atoms with Gasteiger partial charge in [-0.1, -0.05) is 6.07 Å². The van der Waals surface area contributed by atoms with Gasteiger partial charge < -0.3 is 11.1 Å². The first-order chi connectivity index (χ1) is 9.08. The Balaban J connectivity index is 1.95. The lowest BCUT2D eigenvalue weighted by Crippen LogP contribution is -2.44. The highest BCUT2D eigenvalue weighted by Gasteiger charge is 2.21. The average Bonchev–Trinajstić information content (AvgIpc) is 2.38. The van der Waals surface area contributed by atoms with Gasteiger partial charge in [0.2, 0.25) is 5.91 Å². The average molecular weight is 279 g/mol. The number of nitrogens with two attached hydrogens (primary N) is 1. The Kier molecular flexibility index (Phi) is 4.71. The van der Waals surface area contributed by atoms with Gasteiger partial charge in [-0.15, -0.1) is 0 Å². The maximum Gasteiger partial charge on any atom is 0.238 e. The van der Waals surface area contributed by atoms with E-state index >= 15 is 0 Å². The molecule has 1 aliphatic rings. The summed E-state index contributed by atoms with van der Waals surface area (Å²) < 4.78 is 0. The van der Waals surface area contributed by atoms with Crippen molar-refractivity contribution >= 4 is 29.0 Å². The molecule has 5 heteroatoms. The third kappa shape index (κ3) is 3.64. The van der Waals surface area contributed by atoms with E-state index in [0.29, 0.717) is 18.3 Å². The highest BCUT2D eigenvalue weighted by molar-refractivity contribution is 7.99. The lowest BCUT2D eigenvalue weighted by molar-refractivity contribution is -0.117. The third-order valence-corrected chi connectivity index (χ3v) is 4.69. The number of amides is 1. The molecule has 1 heterocycles. The van der Waals surface area contributed by atoms with E-state index in [1.807, 2.05) is 36.9 Å². The number of nitrogens with zero attached hydrogens (tertiary/aromatic N) is 1. The molecule has 0 spiro atoms. The molecule has 3 N–H and O–H groups in total. The van der Waals surface area contributed by atoms with E-state index in [4.69, 9.17) is 5.73 Å². The zero-order valence-corrected chi connectivity index (χ0v) is 12.3. The number of nitrogens with one attached hydrogen (secondary N) is 1. The maximum atomic E-state index is 12.1. The normalized spacial score (nSPS) is 20.2. The van der Waals surface area contributed by atoms with Gasteiger partial charge in [-0.3, -0.25) is 9.69 Å². The summed E-state index contributed by atoms with van der Waals surface area (Å²) in [6.07, 6.45) is 0. The summed E-state index contributed by atoms with van der Waals surface area (Å²) in [6.45, 7) is 5.53. The van der Waals surface area contributed by atoms with Crippen LogP contribution in [0, 0.1) is 6.92 Å². The predicted molar refractivity (Wildman–Crippen MR) is 82.6 cm³/mol. The van der Waals surface area contributed by atoms with E-state index in [9.17, 15) is 4.79 Å². The molecular weight excluding hydrogens is 258 g/mol. The molecule has 19 heavy (non-hydrogen) atoms. The predicted octanol–water partition coefficient (Wildman–Crippen LogP) is 1.95. The summed E-state index contributed by atoms with van der Waals surface area (Å²) >= 11 is 1.95. The van der Waals surface area contributed by atoms with E-state index in [-0.39, 0.29) is 5.91 Å². The Morgan fingerprint density at radius 3 is 3.11 bits per heavy atom. The Hall–Kier alpha value is -1.20. The van der Waals surface area contributed by atoms with Crippen molar-refractivity contribution in [3.8, 4) is 0 Å². The molecule has 1 aromatic rings. The molecule has 104 valence electrons. The standard InChI is InChI=1S/C14H21N3OS/c1-10-9-19-7-6-17(10)8-14(18)16-13-5-3-4-12(15)11(13)2/h3-5,10H,6-9,15H2,1-2H3,(H,16,18). The number of hydrogen-bond acceptors (Lipinski definition) is 4. The first kappa shape index (κ1) is 14.2. The van der Waals surface area contributed by atoms with Crippen LogP contribution in [0.3, 0.4) is 0 Å². The van der Waals surface area contributed by atoms with Gasteiger partial charge in [0, 0.05) is 35.5 Å². The molecule has 4 nitrogen and oxygen atoms in total. The molecule has 2 rings (SSSR count). The first-order valence-corrected chi connectivity index (χ1v) is 7.70. The number of hydrogen-bond donors (Lipinski definition) is 2. The summed E-state index contributed by atoms with van der Waals surface area (Å²) in [4.78, 5) is 14.3. The van der Waals surface area contributed by atoms with Crippen LogP contribution >= 0.6 is 11.8 Å². The van der Waals surface area contributed by atoms with Gasteiger partial charge in [0.1, 0.15) is 0 Å². The summed E-state index contributed by atoms with van der Waals surface area (Å²) in [6, 6.07) is 6.05. The van der Waals surface area contributed by atoms with Crippen LogP contribution in [0.5, 0.6) is 0 Å². The minimum Gasteiger partial charge on any atom is -0.398 e. The molecule has 1 unspecified atom stereocenters. The van der Waals surface area contributed by atoms with Crippen molar-refractivity contribution < 1.29 is 4.79 Å². The lowest BCUT2D eigenvalue weighted by Gasteiger charge is -2.32. The van der Waals surface area contributed by atoms with Crippen molar-refractivity contribution in [2.45, 2.75) is 19.9 Å². The summed E-state index contributed by atoms with van der Waals surface area (Å²) in [5.41, 5.74) is 8.29. The zero-order chi connectivity index (χ0) is 13.8. The fraction of sp³-hybridized carbons (Fsp3) is 0.500. The molecule has 0 aliphatic carbocycles. The SMILES string of the molecule is Cc1c(N)cccc1NC(=O)CN1CCSCC1C. The molecule has 0 saturated carbocycles. The molecule has 1 amide bonds. The Morgan fingerprint density at radius 2 is 2.37 bits per heavy atom. The molecule has 1 saturated heterocycles. The van der Waals surface area contributed by atoms with Gasteiger partial charge in [-0.2, -0.15) is 11.8 Å². The number of thioether (sulfide) groups is 1.